The van der Waals surface area contributed by atoms with Crippen LogP contribution in [-0.2, 0) is 0 Å². The molecule has 1 saturated carbocycles. The molecule has 0 radical (unpaired) electrons. The number of rotatable bonds is 4. The summed E-state index contributed by atoms with van der Waals surface area (Å²) >= 11 is 0. The normalized spacial score (nSPS) is 15.5. The van der Waals surface area contributed by atoms with E-state index in [0.717, 1.165) is 5.82 Å². The van der Waals surface area contributed by atoms with Gasteiger partial charge in [-0.25, -0.2) is 4.98 Å². The third kappa shape index (κ3) is 1.96. The van der Waals surface area contributed by atoms with Gasteiger partial charge in [0.15, 0.2) is 0 Å². The molecule has 0 bridgehead atoms. The van der Waals surface area contributed by atoms with Crippen LogP contribution in [0.5, 0.6) is 0 Å². The van der Waals surface area contributed by atoms with Crippen LogP contribution in [0, 0.1) is 0 Å². The first-order valence-electron chi connectivity index (χ1n) is 4.91. The van der Waals surface area contributed by atoms with E-state index in [1.807, 2.05) is 12.1 Å². The summed E-state index contributed by atoms with van der Waals surface area (Å²) in [5, 5.41) is 8.94. The van der Waals surface area contributed by atoms with Crippen LogP contribution in [0.4, 0.5) is 11.6 Å². The lowest BCUT2D eigenvalue weighted by atomic mass is 10.4. The summed E-state index contributed by atoms with van der Waals surface area (Å²) in [6, 6.07) is 6.15. The molecule has 4 heteroatoms. The van der Waals surface area contributed by atoms with E-state index in [-0.39, 0.29) is 6.61 Å². The quantitative estimate of drug-likeness (QED) is 0.736. The van der Waals surface area contributed by atoms with E-state index < -0.39 is 0 Å². The Morgan fingerprint density at radius 1 is 1.50 bits per heavy atom. The SMILES string of the molecule is Nc1cccc(N(CCO)C2CC2)n1. The van der Waals surface area contributed by atoms with Gasteiger partial charge >= 0.3 is 0 Å². The Labute approximate surface area is 83.4 Å². The van der Waals surface area contributed by atoms with Crippen molar-refractivity contribution in [3.8, 4) is 0 Å². The number of aromatic nitrogens is 1. The maximum atomic E-state index is 8.94. The van der Waals surface area contributed by atoms with Crippen LogP contribution in [-0.4, -0.2) is 29.3 Å². The van der Waals surface area contributed by atoms with Gasteiger partial charge < -0.3 is 15.7 Å². The molecule has 1 aliphatic rings. The number of nitrogens with two attached hydrogens (primary N) is 1. The fourth-order valence-electron chi connectivity index (χ4n) is 1.58. The summed E-state index contributed by atoms with van der Waals surface area (Å²) < 4.78 is 0. The van der Waals surface area contributed by atoms with Crippen molar-refractivity contribution in [1.82, 2.24) is 4.98 Å². The van der Waals surface area contributed by atoms with Crippen molar-refractivity contribution in [2.45, 2.75) is 18.9 Å². The molecule has 0 unspecified atom stereocenters. The van der Waals surface area contributed by atoms with Crippen molar-refractivity contribution in [2.75, 3.05) is 23.8 Å². The molecule has 0 aliphatic heterocycles. The fraction of sp³-hybridized carbons (Fsp3) is 0.500. The second kappa shape index (κ2) is 3.84. The number of nitrogen functional groups attached to an aromatic ring is 1. The van der Waals surface area contributed by atoms with Crippen LogP contribution in [0.15, 0.2) is 18.2 Å². The molecule has 2 rings (SSSR count). The zero-order valence-electron chi connectivity index (χ0n) is 8.06. The van der Waals surface area contributed by atoms with E-state index in [0.29, 0.717) is 18.4 Å². The smallest absolute Gasteiger partial charge is 0.131 e. The fourth-order valence-corrected chi connectivity index (χ4v) is 1.58. The molecule has 1 aromatic rings. The van der Waals surface area contributed by atoms with Crippen molar-refractivity contribution < 1.29 is 5.11 Å². The Kier molecular flexibility index (Phi) is 2.54. The largest absolute Gasteiger partial charge is 0.395 e. The minimum Gasteiger partial charge on any atom is -0.395 e. The van der Waals surface area contributed by atoms with Crippen LogP contribution < -0.4 is 10.6 Å². The van der Waals surface area contributed by atoms with Crippen LogP contribution in [0.2, 0.25) is 0 Å². The lowest BCUT2D eigenvalue weighted by molar-refractivity contribution is 0.301. The number of nitrogens with zero attached hydrogens (tertiary/aromatic N) is 2. The second-order valence-corrected chi connectivity index (χ2v) is 3.57. The minimum absolute atomic E-state index is 0.160. The number of hydrogen-bond acceptors (Lipinski definition) is 4. The third-order valence-corrected chi connectivity index (χ3v) is 2.38. The van der Waals surface area contributed by atoms with Crippen molar-refractivity contribution in [1.29, 1.82) is 0 Å². The van der Waals surface area contributed by atoms with Gasteiger partial charge in [0.2, 0.25) is 0 Å². The summed E-state index contributed by atoms with van der Waals surface area (Å²) in [5.41, 5.74) is 5.61. The van der Waals surface area contributed by atoms with E-state index in [1.54, 1.807) is 6.07 Å². The van der Waals surface area contributed by atoms with Gasteiger partial charge in [-0.2, -0.15) is 0 Å². The number of aliphatic hydroxyl groups is 1. The average Bonchev–Trinajstić information content (AvgIpc) is 2.97. The van der Waals surface area contributed by atoms with Crippen LogP contribution in [0.1, 0.15) is 12.8 Å². The summed E-state index contributed by atoms with van der Waals surface area (Å²) in [4.78, 5) is 6.37. The lowest BCUT2D eigenvalue weighted by Crippen LogP contribution is -2.29. The van der Waals surface area contributed by atoms with Crippen molar-refractivity contribution in [3.05, 3.63) is 18.2 Å². The molecule has 1 aliphatic carbocycles. The zero-order valence-corrected chi connectivity index (χ0v) is 8.06. The highest BCUT2D eigenvalue weighted by Crippen LogP contribution is 2.30. The molecule has 1 aromatic heterocycles. The summed E-state index contributed by atoms with van der Waals surface area (Å²) in [6.07, 6.45) is 2.38. The molecule has 14 heavy (non-hydrogen) atoms. The van der Waals surface area contributed by atoms with Crippen molar-refractivity contribution in [3.63, 3.8) is 0 Å². The summed E-state index contributed by atoms with van der Waals surface area (Å²) in [7, 11) is 0. The lowest BCUT2D eigenvalue weighted by Gasteiger charge is -2.22. The molecule has 4 nitrogen and oxygen atoms in total. The maximum absolute atomic E-state index is 8.94. The molecule has 0 amide bonds. The first kappa shape index (κ1) is 9.27. The molecule has 1 fully saturated rings. The van der Waals surface area contributed by atoms with Crippen molar-refractivity contribution in [2.24, 2.45) is 0 Å². The van der Waals surface area contributed by atoms with E-state index in [2.05, 4.69) is 9.88 Å². The van der Waals surface area contributed by atoms with Gasteiger partial charge in [-0.05, 0) is 25.0 Å². The number of hydrogen-bond donors (Lipinski definition) is 2. The number of pyridine rings is 1. The Morgan fingerprint density at radius 2 is 2.29 bits per heavy atom. The molecule has 76 valence electrons. The maximum Gasteiger partial charge on any atom is 0.131 e. The first-order valence-corrected chi connectivity index (χ1v) is 4.91. The highest BCUT2D eigenvalue weighted by Gasteiger charge is 2.29. The predicted octanol–water partition coefficient (Wildman–Crippen LogP) is 0.625. The monoisotopic (exact) mass is 193 g/mol. The van der Waals surface area contributed by atoms with Gasteiger partial charge in [-0.15, -0.1) is 0 Å². The molecular formula is C10H15N3O. The molecule has 3 N–H and O–H groups in total. The van der Waals surface area contributed by atoms with Crippen molar-refractivity contribution >= 4 is 11.6 Å². The van der Waals surface area contributed by atoms with Gasteiger partial charge in [-0.1, -0.05) is 6.07 Å². The highest BCUT2D eigenvalue weighted by molar-refractivity contribution is 5.46. The Bertz CT molecular complexity index is 312. The topological polar surface area (TPSA) is 62.4 Å². The molecule has 0 spiro atoms. The van der Waals surface area contributed by atoms with Gasteiger partial charge in [0, 0.05) is 12.6 Å². The zero-order chi connectivity index (χ0) is 9.97. The van der Waals surface area contributed by atoms with E-state index in [9.17, 15) is 0 Å². The van der Waals surface area contributed by atoms with Crippen LogP contribution >= 0.6 is 0 Å². The van der Waals surface area contributed by atoms with Crippen LogP contribution in [0.25, 0.3) is 0 Å². The number of anilines is 2. The van der Waals surface area contributed by atoms with Gasteiger partial charge in [0.25, 0.3) is 0 Å². The van der Waals surface area contributed by atoms with Gasteiger partial charge in [-0.3, -0.25) is 0 Å². The molecule has 0 atom stereocenters. The van der Waals surface area contributed by atoms with E-state index >= 15 is 0 Å². The molecular weight excluding hydrogens is 178 g/mol. The Balaban J connectivity index is 2.16. The Morgan fingerprint density at radius 3 is 2.86 bits per heavy atom. The average molecular weight is 193 g/mol. The number of aliphatic hydroxyl groups excluding tert-OH is 1. The summed E-state index contributed by atoms with van der Waals surface area (Å²) in [6.45, 7) is 0.800. The van der Waals surface area contributed by atoms with E-state index in [4.69, 9.17) is 10.8 Å². The predicted molar refractivity (Wildman–Crippen MR) is 56.1 cm³/mol. The first-order chi connectivity index (χ1) is 6.81. The Hall–Kier alpha value is -1.29. The van der Waals surface area contributed by atoms with Gasteiger partial charge in [0.1, 0.15) is 11.6 Å². The molecule has 1 heterocycles. The standard InChI is InChI=1S/C10H15N3O/c11-9-2-1-3-10(12-9)13(6-7-14)8-4-5-8/h1-3,8,14H,4-7H2,(H2,11,12). The minimum atomic E-state index is 0.160. The van der Waals surface area contributed by atoms with Crippen LogP contribution in [0.3, 0.4) is 0 Å². The van der Waals surface area contributed by atoms with Gasteiger partial charge in [0.05, 0.1) is 6.61 Å². The van der Waals surface area contributed by atoms with E-state index in [1.165, 1.54) is 12.8 Å². The molecule has 0 saturated heterocycles. The highest BCUT2D eigenvalue weighted by atomic mass is 16.3. The molecule has 0 aromatic carbocycles. The second-order valence-electron chi connectivity index (χ2n) is 3.57. The third-order valence-electron chi connectivity index (χ3n) is 2.38. The summed E-state index contributed by atoms with van der Waals surface area (Å²) in [5.74, 6) is 1.41.